The van der Waals surface area contributed by atoms with Crippen LogP contribution in [0.25, 0.3) is 0 Å². The van der Waals surface area contributed by atoms with E-state index in [-0.39, 0.29) is 0 Å². The molecule has 6 heteroatoms. The first-order valence-electron chi connectivity index (χ1n) is 5.47. The van der Waals surface area contributed by atoms with E-state index >= 15 is 0 Å². The van der Waals surface area contributed by atoms with Gasteiger partial charge in [0.1, 0.15) is 6.54 Å². The van der Waals surface area contributed by atoms with E-state index < -0.39 is 11.9 Å². The third-order valence-corrected chi connectivity index (χ3v) is 2.67. The van der Waals surface area contributed by atoms with Crippen LogP contribution >= 0.6 is 11.8 Å². The molecule has 1 aromatic rings. The smallest absolute Gasteiger partial charge is 0.351 e. The highest BCUT2D eigenvalue weighted by molar-refractivity contribution is 8.03. The standard InChI is InChI=1S/C11H15NS.C2H2O4/c1-10(9-12(2)3)13-11-7-5-4-6-8-11;3-1(4)2(5)6/h4-8H,1,9H2,2-3H3;(H,3,4)(H,5,6). The van der Waals surface area contributed by atoms with Crippen LogP contribution < -0.4 is 10.0 Å². The normalized spacial score (nSPS) is 9.42. The first-order valence-corrected chi connectivity index (χ1v) is 6.28. The van der Waals surface area contributed by atoms with Crippen molar-refractivity contribution in [3.8, 4) is 0 Å². The van der Waals surface area contributed by atoms with Gasteiger partial charge in [-0.15, -0.1) is 0 Å². The molecule has 1 aromatic carbocycles. The second-order valence-corrected chi connectivity index (χ2v) is 5.18. The van der Waals surface area contributed by atoms with Gasteiger partial charge in [0.2, 0.25) is 0 Å². The molecule has 19 heavy (non-hydrogen) atoms. The topological polar surface area (TPSA) is 81.9 Å². The Hall–Kier alpha value is -1.79. The van der Waals surface area contributed by atoms with E-state index in [4.69, 9.17) is 19.8 Å². The summed E-state index contributed by atoms with van der Waals surface area (Å²) in [5.41, 5.74) is 0. The number of carbonyl (C=O) groups is 2. The lowest BCUT2D eigenvalue weighted by Gasteiger charge is -2.08. The van der Waals surface area contributed by atoms with Gasteiger partial charge in [0.05, 0.1) is 14.1 Å². The van der Waals surface area contributed by atoms with Crippen LogP contribution in [0.15, 0.2) is 46.7 Å². The molecule has 104 valence electrons. The van der Waals surface area contributed by atoms with Crippen molar-refractivity contribution in [2.24, 2.45) is 0 Å². The highest BCUT2D eigenvalue weighted by Gasteiger charge is 2.01. The predicted molar refractivity (Wildman–Crippen MR) is 71.8 cm³/mol. The summed E-state index contributed by atoms with van der Waals surface area (Å²) in [5, 5.41) is 16.3. The lowest BCUT2D eigenvalue weighted by Crippen LogP contribution is -3.05. The van der Waals surface area contributed by atoms with Gasteiger partial charge in [-0.25, -0.2) is 4.79 Å². The van der Waals surface area contributed by atoms with E-state index in [2.05, 4.69) is 44.9 Å². The largest absolute Gasteiger partial charge is 0.539 e. The molecule has 0 saturated carbocycles. The van der Waals surface area contributed by atoms with Crippen molar-refractivity contribution in [1.29, 1.82) is 0 Å². The van der Waals surface area contributed by atoms with E-state index in [1.807, 2.05) is 6.07 Å². The summed E-state index contributed by atoms with van der Waals surface area (Å²) in [4.78, 5) is 21.9. The number of carbonyl (C=O) groups excluding carboxylic acids is 1. The van der Waals surface area contributed by atoms with Crippen LogP contribution in [0.3, 0.4) is 0 Å². The zero-order valence-electron chi connectivity index (χ0n) is 10.9. The van der Waals surface area contributed by atoms with Crippen LogP contribution in [-0.2, 0) is 9.59 Å². The van der Waals surface area contributed by atoms with Gasteiger partial charge in [0.25, 0.3) is 0 Å². The minimum Gasteiger partial charge on any atom is -0.539 e. The van der Waals surface area contributed by atoms with Gasteiger partial charge in [0, 0.05) is 9.80 Å². The second kappa shape index (κ2) is 9.18. The number of quaternary nitrogens is 1. The average molecular weight is 283 g/mol. The zero-order chi connectivity index (χ0) is 14.8. The molecule has 0 heterocycles. The number of nitrogens with one attached hydrogen (secondary N) is 1. The molecule has 2 N–H and O–H groups in total. The van der Waals surface area contributed by atoms with Gasteiger partial charge in [-0.1, -0.05) is 36.5 Å². The molecule has 1 rings (SSSR count). The van der Waals surface area contributed by atoms with E-state index in [1.54, 1.807) is 11.8 Å². The summed E-state index contributed by atoms with van der Waals surface area (Å²) in [7, 11) is 4.27. The van der Waals surface area contributed by atoms with Crippen LogP contribution in [0.2, 0.25) is 0 Å². The number of carboxylic acids is 2. The molecule has 0 aliphatic rings. The average Bonchev–Trinajstić information content (AvgIpc) is 2.29. The maximum Gasteiger partial charge on any atom is 0.351 e. The predicted octanol–water partition coefficient (Wildman–Crippen LogP) is -0.742. The van der Waals surface area contributed by atoms with Crippen molar-refractivity contribution < 1.29 is 24.7 Å². The Kier molecular flexibility index (Phi) is 8.32. The third kappa shape index (κ3) is 9.87. The molecule has 0 fully saturated rings. The Morgan fingerprint density at radius 2 is 1.79 bits per heavy atom. The van der Waals surface area contributed by atoms with Crippen LogP contribution in [0.1, 0.15) is 0 Å². The molecule has 0 saturated heterocycles. The van der Waals surface area contributed by atoms with Crippen LogP contribution in [0.4, 0.5) is 0 Å². The minimum absolute atomic E-state index is 1.01. The summed E-state index contributed by atoms with van der Waals surface area (Å²) in [5.74, 6) is -4.01. The Bertz CT molecular complexity index is 420. The molecule has 0 bridgehead atoms. The summed E-state index contributed by atoms with van der Waals surface area (Å²) >= 11 is 1.76. The Balaban J connectivity index is 0.000000459. The Morgan fingerprint density at radius 1 is 1.32 bits per heavy atom. The SMILES string of the molecule is C=C(C[NH+](C)C)Sc1ccccc1.O=C([O-])C(=O)O. The Morgan fingerprint density at radius 3 is 2.16 bits per heavy atom. The van der Waals surface area contributed by atoms with Crippen LogP contribution in [0, 0.1) is 0 Å². The second-order valence-electron chi connectivity index (χ2n) is 3.93. The molecule has 0 atom stereocenters. The van der Waals surface area contributed by atoms with E-state index in [1.165, 1.54) is 14.7 Å². The third-order valence-electron chi connectivity index (χ3n) is 1.73. The van der Waals surface area contributed by atoms with Gasteiger partial charge in [-0.3, -0.25) is 0 Å². The van der Waals surface area contributed by atoms with Gasteiger partial charge in [0.15, 0.2) is 5.97 Å². The maximum atomic E-state index is 9.04. The van der Waals surface area contributed by atoms with Crippen molar-refractivity contribution in [3.05, 3.63) is 41.8 Å². The highest BCUT2D eigenvalue weighted by atomic mass is 32.2. The molecule has 5 nitrogen and oxygen atoms in total. The molecule has 0 aliphatic carbocycles. The van der Waals surface area contributed by atoms with Gasteiger partial charge < -0.3 is 19.9 Å². The van der Waals surface area contributed by atoms with Crippen molar-refractivity contribution >= 4 is 23.7 Å². The summed E-state index contributed by atoms with van der Waals surface area (Å²) < 4.78 is 0. The van der Waals surface area contributed by atoms with Gasteiger partial charge >= 0.3 is 5.97 Å². The van der Waals surface area contributed by atoms with E-state index in [0.717, 1.165) is 6.54 Å². The van der Waals surface area contributed by atoms with E-state index in [0.29, 0.717) is 0 Å². The van der Waals surface area contributed by atoms with Gasteiger partial charge in [-0.2, -0.15) is 0 Å². The molecule has 0 unspecified atom stereocenters. The molecular weight excluding hydrogens is 266 g/mol. The highest BCUT2D eigenvalue weighted by Crippen LogP contribution is 2.23. The van der Waals surface area contributed by atoms with Crippen LogP contribution in [-0.4, -0.2) is 37.7 Å². The fourth-order valence-electron chi connectivity index (χ4n) is 1.09. The lowest BCUT2D eigenvalue weighted by molar-refractivity contribution is -0.852. The van der Waals surface area contributed by atoms with Crippen LogP contribution in [0.5, 0.6) is 0 Å². The lowest BCUT2D eigenvalue weighted by atomic mass is 10.4. The summed E-state index contributed by atoms with van der Waals surface area (Å²) in [6.45, 7) is 5.05. The molecule has 0 aliphatic heterocycles. The molecule has 0 radical (unpaired) electrons. The first-order chi connectivity index (χ1) is 8.82. The number of rotatable bonds is 4. The minimum atomic E-state index is -2.07. The quantitative estimate of drug-likeness (QED) is 0.562. The summed E-state index contributed by atoms with van der Waals surface area (Å²) in [6.07, 6.45) is 0. The number of aliphatic carboxylic acids is 2. The number of hydrogen-bond acceptors (Lipinski definition) is 4. The Labute approximate surface area is 116 Å². The zero-order valence-corrected chi connectivity index (χ0v) is 11.7. The number of hydrogen-bond donors (Lipinski definition) is 2. The monoisotopic (exact) mass is 283 g/mol. The molecular formula is C13H17NO4S. The first kappa shape index (κ1) is 17.2. The number of likely N-dealkylation sites (N-methyl/N-ethyl adjacent to an activating group) is 1. The van der Waals surface area contributed by atoms with Crippen molar-refractivity contribution in [2.45, 2.75) is 4.90 Å². The summed E-state index contributed by atoms with van der Waals surface area (Å²) in [6, 6.07) is 10.4. The van der Waals surface area contributed by atoms with Crippen molar-refractivity contribution in [3.63, 3.8) is 0 Å². The number of thioether (sulfide) groups is 1. The molecule has 0 amide bonds. The molecule has 0 aromatic heterocycles. The fourth-order valence-corrected chi connectivity index (χ4v) is 2.07. The molecule has 0 spiro atoms. The van der Waals surface area contributed by atoms with E-state index in [9.17, 15) is 0 Å². The van der Waals surface area contributed by atoms with Crippen molar-refractivity contribution in [1.82, 2.24) is 0 Å². The van der Waals surface area contributed by atoms with Crippen molar-refractivity contribution in [2.75, 3.05) is 20.6 Å². The van der Waals surface area contributed by atoms with Gasteiger partial charge in [-0.05, 0) is 12.1 Å². The maximum absolute atomic E-state index is 9.04. The number of carboxylic acid groups (broad SMARTS) is 2. The number of benzene rings is 1. The fraction of sp³-hybridized carbons (Fsp3) is 0.231.